The van der Waals surface area contributed by atoms with E-state index in [2.05, 4.69) is 64.1 Å². The lowest BCUT2D eigenvalue weighted by atomic mass is 9.75. The Morgan fingerprint density at radius 1 is 0.550 bits per heavy atom. The molecule has 4 heterocycles. The molecule has 4 aliphatic heterocycles. The van der Waals surface area contributed by atoms with Crippen LogP contribution in [0.25, 0.3) is 0 Å². The molecule has 2 nitrogen and oxygen atoms in total. The van der Waals surface area contributed by atoms with Crippen molar-refractivity contribution in [1.29, 1.82) is 0 Å². The molecule has 1 aromatic rings. The summed E-state index contributed by atoms with van der Waals surface area (Å²) < 4.78 is 12.6. The fourth-order valence-corrected chi connectivity index (χ4v) is 4.47. The standard InChI is InChI=1S/C18H18O2/c1-15-5-6-16(2,19-15)12-10-14-13(9-11(12)15)17(3)7-8-18(14,4)20-17/h5-10H,1-4H3. The molecule has 0 N–H and O–H groups in total. The molecule has 0 spiro atoms. The first-order valence-electron chi connectivity index (χ1n) is 7.29. The van der Waals surface area contributed by atoms with Crippen LogP contribution in [0.15, 0.2) is 36.4 Å². The van der Waals surface area contributed by atoms with Crippen LogP contribution in [0.1, 0.15) is 49.9 Å². The van der Waals surface area contributed by atoms with E-state index in [0.717, 1.165) is 0 Å². The first-order valence-corrected chi connectivity index (χ1v) is 7.29. The molecule has 102 valence electrons. The minimum absolute atomic E-state index is 0.276. The zero-order valence-electron chi connectivity index (χ0n) is 12.3. The molecular weight excluding hydrogens is 248 g/mol. The highest BCUT2D eigenvalue weighted by Crippen LogP contribution is 2.59. The lowest BCUT2D eigenvalue weighted by molar-refractivity contribution is -0.0531. The minimum atomic E-state index is -0.276. The molecule has 0 fully saturated rings. The third-order valence-electron chi connectivity index (χ3n) is 5.58. The summed E-state index contributed by atoms with van der Waals surface area (Å²) in [5.41, 5.74) is 4.10. The molecule has 0 amide bonds. The average Bonchev–Trinajstić information content (AvgIpc) is 3.00. The summed E-state index contributed by atoms with van der Waals surface area (Å²) >= 11 is 0. The van der Waals surface area contributed by atoms with Crippen molar-refractivity contribution in [1.82, 2.24) is 0 Å². The summed E-state index contributed by atoms with van der Waals surface area (Å²) in [6.07, 6.45) is 8.76. The second kappa shape index (κ2) is 2.68. The Morgan fingerprint density at radius 3 is 1.05 bits per heavy atom. The molecule has 2 heteroatoms. The van der Waals surface area contributed by atoms with Gasteiger partial charge in [0.25, 0.3) is 0 Å². The zero-order chi connectivity index (χ0) is 14.0. The van der Waals surface area contributed by atoms with Crippen LogP contribution in [0, 0.1) is 0 Å². The first-order chi connectivity index (χ1) is 9.28. The molecule has 4 bridgehead atoms. The van der Waals surface area contributed by atoms with Gasteiger partial charge in [-0.05, 0) is 86.4 Å². The van der Waals surface area contributed by atoms with E-state index in [1.165, 1.54) is 22.3 Å². The van der Waals surface area contributed by atoms with Crippen molar-refractivity contribution in [3.8, 4) is 0 Å². The van der Waals surface area contributed by atoms with Gasteiger partial charge in [-0.2, -0.15) is 0 Å². The normalized spacial score (nSPS) is 49.0. The maximum atomic E-state index is 6.28. The molecule has 20 heavy (non-hydrogen) atoms. The third-order valence-corrected chi connectivity index (χ3v) is 5.58. The van der Waals surface area contributed by atoms with Gasteiger partial charge >= 0.3 is 0 Å². The minimum Gasteiger partial charge on any atom is -0.351 e. The Balaban J connectivity index is 1.85. The Labute approximate surface area is 119 Å². The van der Waals surface area contributed by atoms with Crippen LogP contribution >= 0.6 is 0 Å². The summed E-state index contributed by atoms with van der Waals surface area (Å²) in [5.74, 6) is 0. The quantitative estimate of drug-likeness (QED) is 0.666. The second-order valence-corrected chi connectivity index (χ2v) is 7.24. The van der Waals surface area contributed by atoms with Crippen molar-refractivity contribution in [2.75, 3.05) is 0 Å². The predicted molar refractivity (Wildman–Crippen MR) is 76.3 cm³/mol. The summed E-state index contributed by atoms with van der Waals surface area (Å²) in [5, 5.41) is 0. The van der Waals surface area contributed by atoms with Crippen molar-refractivity contribution < 1.29 is 9.47 Å². The molecule has 4 atom stereocenters. The molecular formula is C18H18O2. The summed E-state index contributed by atoms with van der Waals surface area (Å²) in [6, 6.07) is 4.63. The zero-order valence-corrected chi connectivity index (χ0v) is 12.3. The number of hydrogen-bond donors (Lipinski definition) is 0. The van der Waals surface area contributed by atoms with Crippen LogP contribution in [0.3, 0.4) is 0 Å². The van der Waals surface area contributed by atoms with E-state index in [4.69, 9.17) is 9.47 Å². The highest BCUT2D eigenvalue weighted by atomic mass is 16.5. The fourth-order valence-electron chi connectivity index (χ4n) is 4.47. The number of rotatable bonds is 0. The van der Waals surface area contributed by atoms with Crippen molar-refractivity contribution in [2.45, 2.75) is 50.1 Å². The topological polar surface area (TPSA) is 18.5 Å². The Bertz CT molecular complexity index is 628. The van der Waals surface area contributed by atoms with Gasteiger partial charge in [-0.3, -0.25) is 0 Å². The van der Waals surface area contributed by atoms with Gasteiger partial charge in [-0.15, -0.1) is 0 Å². The molecule has 4 unspecified atom stereocenters. The van der Waals surface area contributed by atoms with Gasteiger partial charge in [0, 0.05) is 0 Å². The number of ether oxygens (including phenoxy) is 2. The monoisotopic (exact) mass is 266 g/mol. The third kappa shape index (κ3) is 0.971. The van der Waals surface area contributed by atoms with Crippen LogP contribution < -0.4 is 0 Å². The van der Waals surface area contributed by atoms with Crippen molar-refractivity contribution >= 4 is 0 Å². The average molecular weight is 266 g/mol. The summed E-state index contributed by atoms with van der Waals surface area (Å²) in [7, 11) is 0. The van der Waals surface area contributed by atoms with Crippen LogP contribution in [-0.4, -0.2) is 0 Å². The Morgan fingerprint density at radius 2 is 0.800 bits per heavy atom. The molecule has 1 aromatic carbocycles. The largest absolute Gasteiger partial charge is 0.351 e. The van der Waals surface area contributed by atoms with E-state index in [9.17, 15) is 0 Å². The molecule has 0 radical (unpaired) electrons. The van der Waals surface area contributed by atoms with Crippen LogP contribution in [0.4, 0.5) is 0 Å². The highest BCUT2D eigenvalue weighted by molar-refractivity contribution is 5.60. The van der Waals surface area contributed by atoms with E-state index < -0.39 is 0 Å². The van der Waals surface area contributed by atoms with Gasteiger partial charge in [-0.1, -0.05) is 0 Å². The van der Waals surface area contributed by atoms with Crippen LogP contribution in [0.2, 0.25) is 0 Å². The van der Waals surface area contributed by atoms with Gasteiger partial charge < -0.3 is 9.47 Å². The lowest BCUT2D eigenvalue weighted by Gasteiger charge is -2.24. The first kappa shape index (κ1) is 11.3. The maximum absolute atomic E-state index is 6.28. The van der Waals surface area contributed by atoms with E-state index in [1.807, 2.05) is 0 Å². The summed E-state index contributed by atoms with van der Waals surface area (Å²) in [4.78, 5) is 0. The molecule has 0 saturated heterocycles. The molecule has 0 aliphatic carbocycles. The van der Waals surface area contributed by atoms with Gasteiger partial charge in [0.2, 0.25) is 0 Å². The predicted octanol–water partition coefficient (Wildman–Crippen LogP) is 3.75. The van der Waals surface area contributed by atoms with Crippen LogP contribution in [0.5, 0.6) is 0 Å². The fraction of sp³-hybridized carbons (Fsp3) is 0.444. The molecule has 0 saturated carbocycles. The number of fused-ring (bicyclic) bond motifs is 10. The van der Waals surface area contributed by atoms with E-state index in [1.54, 1.807) is 0 Å². The van der Waals surface area contributed by atoms with Gasteiger partial charge in [0.05, 0.1) is 0 Å². The van der Waals surface area contributed by atoms with E-state index in [-0.39, 0.29) is 22.4 Å². The smallest absolute Gasteiger partial charge is 0.111 e. The van der Waals surface area contributed by atoms with E-state index in [0.29, 0.717) is 0 Å². The van der Waals surface area contributed by atoms with Gasteiger partial charge in [-0.25, -0.2) is 0 Å². The molecule has 5 rings (SSSR count). The SMILES string of the molecule is CC12C=CC(C)(O1)c1cc3c(cc12)C1(C)C=CC3(C)O1. The highest BCUT2D eigenvalue weighted by Gasteiger charge is 2.56. The van der Waals surface area contributed by atoms with Crippen molar-refractivity contribution in [3.05, 3.63) is 58.7 Å². The summed E-state index contributed by atoms with van der Waals surface area (Å²) in [6.45, 7) is 8.61. The number of hydrogen-bond acceptors (Lipinski definition) is 2. The van der Waals surface area contributed by atoms with Crippen molar-refractivity contribution in [3.63, 3.8) is 0 Å². The van der Waals surface area contributed by atoms with E-state index >= 15 is 0 Å². The Hall–Kier alpha value is -1.38. The van der Waals surface area contributed by atoms with Crippen molar-refractivity contribution in [2.24, 2.45) is 0 Å². The van der Waals surface area contributed by atoms with Gasteiger partial charge in [0.15, 0.2) is 0 Å². The molecule has 0 aromatic heterocycles. The Kier molecular flexibility index (Phi) is 1.51. The van der Waals surface area contributed by atoms with Crippen LogP contribution in [-0.2, 0) is 31.9 Å². The maximum Gasteiger partial charge on any atom is 0.111 e. The second-order valence-electron chi connectivity index (χ2n) is 7.24. The molecule has 4 aliphatic rings. The lowest BCUT2D eigenvalue weighted by Crippen LogP contribution is -2.19. The number of benzene rings is 1. The van der Waals surface area contributed by atoms with Gasteiger partial charge in [0.1, 0.15) is 22.4 Å².